The number of hydrogen-bond acceptors (Lipinski definition) is 4. The van der Waals surface area contributed by atoms with Gasteiger partial charge in [0.15, 0.2) is 0 Å². The molecule has 0 radical (unpaired) electrons. The first-order valence-corrected chi connectivity index (χ1v) is 7.12. The molecule has 1 aliphatic rings. The van der Waals surface area contributed by atoms with Crippen LogP contribution in [0.25, 0.3) is 0 Å². The van der Waals surface area contributed by atoms with Gasteiger partial charge < -0.3 is 14.1 Å². The summed E-state index contributed by atoms with van der Waals surface area (Å²) >= 11 is 3.40. The Morgan fingerprint density at radius 1 is 1.50 bits per heavy atom. The maximum absolute atomic E-state index is 12.2. The molecular weight excluding hydrogens is 324 g/mol. The van der Waals surface area contributed by atoms with Crippen LogP contribution in [0.5, 0.6) is 5.88 Å². The average molecular weight is 337 g/mol. The average Bonchev–Trinajstić information content (AvgIpc) is 3.12. The van der Waals surface area contributed by atoms with Crippen LogP contribution in [-0.2, 0) is 0 Å². The molecule has 1 fully saturated rings. The number of hydrogen-bond donors (Lipinski definition) is 0. The monoisotopic (exact) mass is 336 g/mol. The van der Waals surface area contributed by atoms with Crippen molar-refractivity contribution in [2.75, 3.05) is 13.1 Å². The van der Waals surface area contributed by atoms with E-state index in [9.17, 15) is 4.79 Å². The summed E-state index contributed by atoms with van der Waals surface area (Å²) in [5, 5.41) is 0. The van der Waals surface area contributed by atoms with E-state index >= 15 is 0 Å². The highest BCUT2D eigenvalue weighted by Crippen LogP contribution is 2.25. The lowest BCUT2D eigenvalue weighted by molar-refractivity contribution is 0.0770. The second kappa shape index (κ2) is 5.66. The third-order valence-electron chi connectivity index (χ3n) is 3.20. The SMILES string of the molecule is O=C(c1ccoc1)N1CC[C@H](Oc2ncccc2Br)C1. The standard InChI is InChI=1S/C14H13BrN2O3/c15-12-2-1-5-16-13(12)20-11-3-6-17(8-11)14(18)10-4-7-19-9-10/h1-2,4-5,7,9,11H,3,6,8H2/t11-/m0/s1. The van der Waals surface area contributed by atoms with Gasteiger partial charge >= 0.3 is 0 Å². The smallest absolute Gasteiger partial charge is 0.257 e. The topological polar surface area (TPSA) is 55.6 Å². The van der Waals surface area contributed by atoms with Crippen LogP contribution >= 0.6 is 15.9 Å². The van der Waals surface area contributed by atoms with E-state index in [0.29, 0.717) is 24.5 Å². The molecule has 3 rings (SSSR count). The highest BCUT2D eigenvalue weighted by Gasteiger charge is 2.29. The Balaban J connectivity index is 1.63. The summed E-state index contributed by atoms with van der Waals surface area (Å²) in [6.07, 6.45) is 5.42. The number of pyridine rings is 1. The number of carbonyl (C=O) groups excluding carboxylic acids is 1. The maximum Gasteiger partial charge on any atom is 0.257 e. The summed E-state index contributed by atoms with van der Waals surface area (Å²) in [4.78, 5) is 18.1. The molecule has 0 saturated carbocycles. The van der Waals surface area contributed by atoms with Gasteiger partial charge in [-0.05, 0) is 34.1 Å². The Bertz CT molecular complexity index is 600. The molecule has 2 aromatic rings. The molecule has 1 atom stereocenters. The van der Waals surface area contributed by atoms with Gasteiger partial charge in [-0.15, -0.1) is 0 Å². The molecule has 0 spiro atoms. The Morgan fingerprint density at radius 3 is 3.15 bits per heavy atom. The summed E-state index contributed by atoms with van der Waals surface area (Å²) in [5.41, 5.74) is 0.574. The van der Waals surface area contributed by atoms with Crippen molar-refractivity contribution in [1.82, 2.24) is 9.88 Å². The fourth-order valence-electron chi connectivity index (χ4n) is 2.19. The molecule has 6 heteroatoms. The summed E-state index contributed by atoms with van der Waals surface area (Å²) in [6.45, 7) is 1.24. The van der Waals surface area contributed by atoms with Crippen molar-refractivity contribution in [2.24, 2.45) is 0 Å². The molecule has 104 valence electrons. The van der Waals surface area contributed by atoms with Gasteiger partial charge in [-0.3, -0.25) is 4.79 Å². The number of furan rings is 1. The van der Waals surface area contributed by atoms with Crippen molar-refractivity contribution in [1.29, 1.82) is 0 Å². The Kier molecular flexibility index (Phi) is 3.73. The number of halogens is 1. The number of aromatic nitrogens is 1. The molecule has 0 aliphatic carbocycles. The van der Waals surface area contributed by atoms with Crippen LogP contribution in [-0.4, -0.2) is 35.0 Å². The van der Waals surface area contributed by atoms with Crippen LogP contribution in [0.15, 0.2) is 45.8 Å². The molecular formula is C14H13BrN2O3. The Hall–Kier alpha value is -1.82. The minimum atomic E-state index is -0.0305. The van der Waals surface area contributed by atoms with Crippen molar-refractivity contribution >= 4 is 21.8 Å². The predicted octanol–water partition coefficient (Wildman–Crippen LogP) is 2.73. The number of likely N-dealkylation sites (tertiary alicyclic amines) is 1. The maximum atomic E-state index is 12.2. The summed E-state index contributed by atoms with van der Waals surface area (Å²) < 4.78 is 11.6. The Morgan fingerprint density at radius 2 is 2.40 bits per heavy atom. The van der Waals surface area contributed by atoms with Crippen molar-refractivity contribution in [3.05, 3.63) is 47.0 Å². The molecule has 0 unspecified atom stereocenters. The number of carbonyl (C=O) groups is 1. The second-order valence-corrected chi connectivity index (χ2v) is 5.44. The second-order valence-electron chi connectivity index (χ2n) is 4.58. The predicted molar refractivity (Wildman–Crippen MR) is 75.6 cm³/mol. The minimum Gasteiger partial charge on any atom is -0.472 e. The number of nitrogens with zero attached hydrogens (tertiary/aromatic N) is 2. The first-order valence-electron chi connectivity index (χ1n) is 6.32. The van der Waals surface area contributed by atoms with Crippen LogP contribution in [0, 0.1) is 0 Å². The third-order valence-corrected chi connectivity index (χ3v) is 3.81. The lowest BCUT2D eigenvalue weighted by atomic mass is 10.3. The fourth-order valence-corrected chi connectivity index (χ4v) is 2.54. The number of amides is 1. The molecule has 0 bridgehead atoms. The molecule has 0 aromatic carbocycles. The van der Waals surface area contributed by atoms with Crippen molar-refractivity contribution in [3.8, 4) is 5.88 Å². The third kappa shape index (κ3) is 2.70. The molecule has 5 nitrogen and oxygen atoms in total. The first-order chi connectivity index (χ1) is 9.74. The van der Waals surface area contributed by atoms with Gasteiger partial charge in [0.1, 0.15) is 12.4 Å². The van der Waals surface area contributed by atoms with E-state index in [4.69, 9.17) is 9.15 Å². The zero-order valence-electron chi connectivity index (χ0n) is 10.7. The lowest BCUT2D eigenvalue weighted by Crippen LogP contribution is -2.30. The van der Waals surface area contributed by atoms with Crippen molar-refractivity contribution in [2.45, 2.75) is 12.5 Å². The molecule has 0 N–H and O–H groups in total. The van der Waals surface area contributed by atoms with E-state index in [1.165, 1.54) is 12.5 Å². The van der Waals surface area contributed by atoms with Gasteiger partial charge in [0, 0.05) is 19.2 Å². The van der Waals surface area contributed by atoms with Gasteiger partial charge in [0.2, 0.25) is 5.88 Å². The van der Waals surface area contributed by atoms with Crippen LogP contribution in [0.4, 0.5) is 0 Å². The van der Waals surface area contributed by atoms with Gasteiger partial charge in [0.05, 0.1) is 22.8 Å². The largest absolute Gasteiger partial charge is 0.472 e. The highest BCUT2D eigenvalue weighted by molar-refractivity contribution is 9.10. The van der Waals surface area contributed by atoms with E-state index in [2.05, 4.69) is 20.9 Å². The molecule has 20 heavy (non-hydrogen) atoms. The van der Waals surface area contributed by atoms with E-state index in [1.54, 1.807) is 17.2 Å². The molecule has 3 heterocycles. The van der Waals surface area contributed by atoms with Crippen molar-refractivity contribution in [3.63, 3.8) is 0 Å². The van der Waals surface area contributed by atoms with Crippen molar-refractivity contribution < 1.29 is 13.9 Å². The molecule has 1 saturated heterocycles. The zero-order valence-corrected chi connectivity index (χ0v) is 12.2. The zero-order chi connectivity index (χ0) is 13.9. The summed E-state index contributed by atoms with van der Waals surface area (Å²) in [6, 6.07) is 5.39. The lowest BCUT2D eigenvalue weighted by Gasteiger charge is -2.16. The van der Waals surface area contributed by atoms with E-state index in [0.717, 1.165) is 10.9 Å². The van der Waals surface area contributed by atoms with E-state index in [1.807, 2.05) is 12.1 Å². The van der Waals surface area contributed by atoms with Gasteiger partial charge in [-0.1, -0.05) is 0 Å². The van der Waals surface area contributed by atoms with Gasteiger partial charge in [0.25, 0.3) is 5.91 Å². The van der Waals surface area contributed by atoms with Crippen LogP contribution in [0.2, 0.25) is 0 Å². The summed E-state index contributed by atoms with van der Waals surface area (Å²) in [7, 11) is 0. The summed E-state index contributed by atoms with van der Waals surface area (Å²) in [5.74, 6) is 0.542. The molecule has 2 aromatic heterocycles. The molecule has 1 amide bonds. The number of ether oxygens (including phenoxy) is 1. The highest BCUT2D eigenvalue weighted by atomic mass is 79.9. The Labute approximate surface area is 124 Å². The van der Waals surface area contributed by atoms with Gasteiger partial charge in [-0.25, -0.2) is 4.98 Å². The van der Waals surface area contributed by atoms with E-state index in [-0.39, 0.29) is 12.0 Å². The minimum absolute atomic E-state index is 0.0232. The number of rotatable bonds is 3. The quantitative estimate of drug-likeness (QED) is 0.864. The van der Waals surface area contributed by atoms with Crippen LogP contribution in [0.1, 0.15) is 16.8 Å². The first kappa shape index (κ1) is 13.2. The normalized spacial score (nSPS) is 18.2. The fraction of sp³-hybridized carbons (Fsp3) is 0.286. The van der Waals surface area contributed by atoms with E-state index < -0.39 is 0 Å². The van der Waals surface area contributed by atoms with Crippen LogP contribution < -0.4 is 4.74 Å². The van der Waals surface area contributed by atoms with Gasteiger partial charge in [-0.2, -0.15) is 0 Å². The molecule has 1 aliphatic heterocycles. The van der Waals surface area contributed by atoms with Crippen LogP contribution in [0.3, 0.4) is 0 Å².